The van der Waals surface area contributed by atoms with Gasteiger partial charge in [-0.25, -0.2) is 0 Å². The number of rotatable bonds is 2. The molecule has 0 saturated carbocycles. The minimum Gasteiger partial charge on any atom is -0.350 e. The van der Waals surface area contributed by atoms with Crippen LogP contribution in [-0.4, -0.2) is 22.4 Å². The first kappa shape index (κ1) is 15.0. The molecule has 3 heteroatoms. The Morgan fingerprint density at radius 1 is 1.12 bits per heavy atom. The number of para-hydroxylation sites is 1. The van der Waals surface area contributed by atoms with Crippen molar-refractivity contribution < 1.29 is 4.79 Å². The van der Waals surface area contributed by atoms with Crippen molar-refractivity contribution in [3.63, 3.8) is 0 Å². The van der Waals surface area contributed by atoms with E-state index in [1.807, 2.05) is 48.0 Å². The van der Waals surface area contributed by atoms with Crippen LogP contribution in [-0.2, 0) is 13.5 Å². The number of carbonyl (C=O) groups is 1. The number of aromatic nitrogens is 1. The molecule has 1 aliphatic rings. The van der Waals surface area contributed by atoms with E-state index in [1.165, 1.54) is 11.1 Å². The minimum atomic E-state index is 0.105. The molecule has 2 aromatic carbocycles. The Morgan fingerprint density at radius 3 is 2.75 bits per heavy atom. The molecule has 3 nitrogen and oxygen atoms in total. The van der Waals surface area contributed by atoms with Crippen LogP contribution in [0.4, 0.5) is 0 Å². The average molecular weight is 318 g/mol. The van der Waals surface area contributed by atoms with Gasteiger partial charge < -0.3 is 9.47 Å². The van der Waals surface area contributed by atoms with Crippen molar-refractivity contribution in [1.29, 1.82) is 0 Å². The molecule has 0 radical (unpaired) electrons. The van der Waals surface area contributed by atoms with Gasteiger partial charge in [-0.05, 0) is 36.5 Å². The molecule has 1 amide bonds. The number of hydrogen-bond donors (Lipinski definition) is 0. The molecular formula is C21H22N2O. The molecule has 1 aliphatic carbocycles. The highest BCUT2D eigenvalue weighted by atomic mass is 16.2. The lowest BCUT2D eigenvalue weighted by molar-refractivity contribution is 0.0717. The van der Waals surface area contributed by atoms with Gasteiger partial charge in [0.2, 0.25) is 0 Å². The van der Waals surface area contributed by atoms with Crippen molar-refractivity contribution in [2.75, 3.05) is 7.05 Å². The van der Waals surface area contributed by atoms with Crippen LogP contribution < -0.4 is 0 Å². The molecular weight excluding hydrogens is 296 g/mol. The molecule has 0 N–H and O–H groups in total. The number of fused-ring (bicyclic) bond motifs is 2. The third kappa shape index (κ3) is 2.32. The summed E-state index contributed by atoms with van der Waals surface area (Å²) in [4.78, 5) is 15.1. The first-order valence-corrected chi connectivity index (χ1v) is 8.56. The van der Waals surface area contributed by atoms with E-state index < -0.39 is 0 Å². The average Bonchev–Trinajstić information content (AvgIpc) is 2.97. The lowest BCUT2D eigenvalue weighted by Crippen LogP contribution is -2.33. The van der Waals surface area contributed by atoms with E-state index in [0.29, 0.717) is 0 Å². The molecule has 0 spiro atoms. The van der Waals surface area contributed by atoms with Crippen molar-refractivity contribution in [3.05, 3.63) is 71.4 Å². The van der Waals surface area contributed by atoms with Crippen molar-refractivity contribution in [2.24, 2.45) is 7.05 Å². The molecule has 1 unspecified atom stereocenters. The zero-order valence-corrected chi connectivity index (χ0v) is 14.2. The molecule has 1 aromatic heterocycles. The van der Waals surface area contributed by atoms with Gasteiger partial charge in [-0.15, -0.1) is 0 Å². The maximum absolute atomic E-state index is 13.2. The summed E-state index contributed by atoms with van der Waals surface area (Å²) in [6.07, 6.45) is 5.24. The lowest BCUT2D eigenvalue weighted by atomic mass is 9.87. The van der Waals surface area contributed by atoms with E-state index in [4.69, 9.17) is 0 Å². The van der Waals surface area contributed by atoms with Gasteiger partial charge in [0.15, 0.2) is 0 Å². The van der Waals surface area contributed by atoms with E-state index in [2.05, 4.69) is 30.3 Å². The zero-order valence-electron chi connectivity index (χ0n) is 14.2. The van der Waals surface area contributed by atoms with E-state index >= 15 is 0 Å². The molecule has 122 valence electrons. The number of carbonyl (C=O) groups excluding carboxylic acids is 1. The highest BCUT2D eigenvalue weighted by molar-refractivity contribution is 6.07. The Hall–Kier alpha value is -2.55. The fourth-order valence-corrected chi connectivity index (χ4v) is 3.97. The Balaban J connectivity index is 1.72. The van der Waals surface area contributed by atoms with E-state index in [-0.39, 0.29) is 11.9 Å². The van der Waals surface area contributed by atoms with Gasteiger partial charge in [-0.3, -0.25) is 4.79 Å². The Kier molecular flexibility index (Phi) is 3.64. The monoisotopic (exact) mass is 318 g/mol. The number of aryl methyl sites for hydroxylation is 2. The molecule has 0 aliphatic heterocycles. The Labute approximate surface area is 142 Å². The van der Waals surface area contributed by atoms with Crippen LogP contribution in [0.25, 0.3) is 10.9 Å². The summed E-state index contributed by atoms with van der Waals surface area (Å²) in [7, 11) is 3.94. The Morgan fingerprint density at radius 2 is 1.88 bits per heavy atom. The van der Waals surface area contributed by atoms with Gasteiger partial charge >= 0.3 is 0 Å². The summed E-state index contributed by atoms with van der Waals surface area (Å²) in [5.41, 5.74) is 4.57. The minimum absolute atomic E-state index is 0.105. The molecule has 4 rings (SSSR count). The summed E-state index contributed by atoms with van der Waals surface area (Å²) in [6, 6.07) is 16.8. The van der Waals surface area contributed by atoms with E-state index in [1.54, 1.807) is 0 Å². The zero-order chi connectivity index (χ0) is 16.7. The second kappa shape index (κ2) is 5.82. The normalized spacial score (nSPS) is 16.8. The fourth-order valence-electron chi connectivity index (χ4n) is 3.97. The summed E-state index contributed by atoms with van der Waals surface area (Å²) in [5.74, 6) is 0.105. The number of hydrogen-bond acceptors (Lipinski definition) is 1. The predicted molar refractivity (Wildman–Crippen MR) is 97.1 cm³/mol. The Bertz CT molecular complexity index is 909. The highest BCUT2D eigenvalue weighted by Crippen LogP contribution is 2.35. The second-order valence-corrected chi connectivity index (χ2v) is 6.69. The summed E-state index contributed by atoms with van der Waals surface area (Å²) >= 11 is 0. The van der Waals surface area contributed by atoms with Gasteiger partial charge in [0, 0.05) is 31.2 Å². The van der Waals surface area contributed by atoms with Gasteiger partial charge in [0.1, 0.15) is 0 Å². The van der Waals surface area contributed by atoms with Crippen molar-refractivity contribution >= 4 is 16.8 Å². The van der Waals surface area contributed by atoms with Crippen LogP contribution in [0.1, 0.15) is 40.4 Å². The maximum atomic E-state index is 13.2. The molecule has 0 bridgehead atoms. The summed E-state index contributed by atoms with van der Waals surface area (Å²) in [6.45, 7) is 0. The first-order chi connectivity index (χ1) is 11.7. The maximum Gasteiger partial charge on any atom is 0.256 e. The molecule has 1 heterocycles. The van der Waals surface area contributed by atoms with Crippen LogP contribution in [0.3, 0.4) is 0 Å². The van der Waals surface area contributed by atoms with Crippen LogP contribution in [0, 0.1) is 0 Å². The largest absolute Gasteiger partial charge is 0.350 e. The molecule has 3 aromatic rings. The standard InChI is InChI=1S/C21H22N2O/c1-22-14-18(17-11-5-6-12-19(17)22)21(24)23(2)20-13-7-9-15-8-3-4-10-16(15)20/h3-6,8,10-12,14,20H,7,9,13H2,1-2H3. The molecule has 0 fully saturated rings. The van der Waals surface area contributed by atoms with Gasteiger partial charge in [0.05, 0.1) is 11.6 Å². The van der Waals surface area contributed by atoms with Crippen LogP contribution in [0.15, 0.2) is 54.7 Å². The fraction of sp³-hybridized carbons (Fsp3) is 0.286. The highest BCUT2D eigenvalue weighted by Gasteiger charge is 2.28. The van der Waals surface area contributed by atoms with Crippen LogP contribution >= 0.6 is 0 Å². The second-order valence-electron chi connectivity index (χ2n) is 6.69. The van der Waals surface area contributed by atoms with Gasteiger partial charge in [-0.1, -0.05) is 42.5 Å². The predicted octanol–water partition coefficient (Wildman–Crippen LogP) is 4.33. The topological polar surface area (TPSA) is 25.2 Å². The first-order valence-electron chi connectivity index (χ1n) is 8.56. The number of benzene rings is 2. The summed E-state index contributed by atoms with van der Waals surface area (Å²) in [5, 5.41) is 1.03. The van der Waals surface area contributed by atoms with Gasteiger partial charge in [-0.2, -0.15) is 0 Å². The third-order valence-corrected chi connectivity index (χ3v) is 5.25. The van der Waals surface area contributed by atoms with Crippen molar-refractivity contribution in [2.45, 2.75) is 25.3 Å². The number of nitrogens with zero attached hydrogens (tertiary/aromatic N) is 2. The SMILES string of the molecule is CN(C(=O)c1cn(C)c2ccccc12)C1CCCc2ccccc21. The summed E-state index contributed by atoms with van der Waals surface area (Å²) < 4.78 is 2.03. The van der Waals surface area contributed by atoms with Crippen LogP contribution in [0.2, 0.25) is 0 Å². The van der Waals surface area contributed by atoms with Gasteiger partial charge in [0.25, 0.3) is 5.91 Å². The molecule has 24 heavy (non-hydrogen) atoms. The van der Waals surface area contributed by atoms with E-state index in [0.717, 1.165) is 35.7 Å². The van der Waals surface area contributed by atoms with Crippen LogP contribution in [0.5, 0.6) is 0 Å². The lowest BCUT2D eigenvalue weighted by Gasteiger charge is -2.33. The quantitative estimate of drug-likeness (QED) is 0.690. The molecule has 0 saturated heterocycles. The molecule has 1 atom stereocenters. The number of amides is 1. The van der Waals surface area contributed by atoms with Crippen molar-refractivity contribution in [1.82, 2.24) is 9.47 Å². The van der Waals surface area contributed by atoms with Crippen molar-refractivity contribution in [3.8, 4) is 0 Å². The third-order valence-electron chi connectivity index (χ3n) is 5.25. The van der Waals surface area contributed by atoms with E-state index in [9.17, 15) is 4.79 Å². The smallest absolute Gasteiger partial charge is 0.256 e.